The van der Waals surface area contributed by atoms with Crippen LogP contribution in [-0.4, -0.2) is 29.0 Å². The summed E-state index contributed by atoms with van der Waals surface area (Å²) in [6.07, 6.45) is 1.19. The number of aromatic nitrogens is 2. The third-order valence-corrected chi connectivity index (χ3v) is 3.66. The van der Waals surface area contributed by atoms with Gasteiger partial charge in [-0.1, -0.05) is 0 Å². The molecular weight excluding hydrogens is 370 g/mol. The molecule has 1 amide bonds. The molecule has 0 fully saturated rings. The lowest BCUT2D eigenvalue weighted by molar-refractivity contribution is 0.0600. The number of methoxy groups -OCH3 is 1. The molecule has 3 aromatic rings. The Morgan fingerprint density at radius 3 is 2.32 bits per heavy atom. The molecule has 0 aliphatic heterocycles. The summed E-state index contributed by atoms with van der Waals surface area (Å²) in [6, 6.07) is 10.9. The summed E-state index contributed by atoms with van der Waals surface area (Å²) < 4.78 is 30.8. The molecule has 28 heavy (non-hydrogen) atoms. The van der Waals surface area contributed by atoms with Crippen LogP contribution in [0.4, 0.5) is 26.0 Å². The van der Waals surface area contributed by atoms with E-state index in [1.165, 1.54) is 25.6 Å². The molecule has 0 saturated heterocycles. The first kappa shape index (κ1) is 18.9. The summed E-state index contributed by atoms with van der Waals surface area (Å²) in [5.74, 6) is -2.82. The number of nitrogens with one attached hydrogen (secondary N) is 2. The van der Waals surface area contributed by atoms with E-state index in [9.17, 15) is 18.4 Å². The van der Waals surface area contributed by atoms with Crippen molar-refractivity contribution in [2.75, 3.05) is 17.7 Å². The first-order chi connectivity index (χ1) is 13.5. The van der Waals surface area contributed by atoms with E-state index in [-0.39, 0.29) is 11.4 Å². The van der Waals surface area contributed by atoms with E-state index < -0.39 is 23.5 Å². The minimum absolute atomic E-state index is 0.0217. The highest BCUT2D eigenvalue weighted by molar-refractivity contribution is 6.03. The number of amides is 1. The van der Waals surface area contributed by atoms with Crippen LogP contribution in [0.5, 0.6) is 0 Å². The van der Waals surface area contributed by atoms with Crippen LogP contribution in [0.1, 0.15) is 20.8 Å². The van der Waals surface area contributed by atoms with Gasteiger partial charge in [-0.25, -0.2) is 23.5 Å². The van der Waals surface area contributed by atoms with E-state index >= 15 is 0 Å². The average molecular weight is 384 g/mol. The molecule has 0 unspecified atom stereocenters. The predicted octanol–water partition coefficient (Wildman–Crippen LogP) is 3.54. The molecule has 0 bridgehead atoms. The Morgan fingerprint density at radius 2 is 1.64 bits per heavy atom. The van der Waals surface area contributed by atoms with Crippen molar-refractivity contribution >= 4 is 29.1 Å². The molecule has 7 nitrogen and oxygen atoms in total. The monoisotopic (exact) mass is 384 g/mol. The summed E-state index contributed by atoms with van der Waals surface area (Å²) in [4.78, 5) is 31.6. The van der Waals surface area contributed by atoms with Crippen LogP contribution < -0.4 is 10.6 Å². The molecule has 0 spiro atoms. The fourth-order valence-electron chi connectivity index (χ4n) is 2.27. The smallest absolute Gasteiger partial charge is 0.337 e. The average Bonchev–Trinajstić information content (AvgIpc) is 2.71. The highest BCUT2D eigenvalue weighted by atomic mass is 19.2. The highest BCUT2D eigenvalue weighted by Gasteiger charge is 2.11. The molecule has 3 rings (SSSR count). The van der Waals surface area contributed by atoms with Crippen molar-refractivity contribution in [2.45, 2.75) is 0 Å². The SMILES string of the molecule is COC(=O)c1ccc(Nc2cc(C(=O)Nc3ccc(F)c(F)c3)ncn2)cc1. The van der Waals surface area contributed by atoms with Gasteiger partial charge in [0, 0.05) is 23.5 Å². The van der Waals surface area contributed by atoms with Gasteiger partial charge in [-0.2, -0.15) is 0 Å². The van der Waals surface area contributed by atoms with E-state index in [0.29, 0.717) is 17.1 Å². The van der Waals surface area contributed by atoms with Gasteiger partial charge in [-0.15, -0.1) is 0 Å². The molecule has 2 aromatic carbocycles. The fraction of sp³-hybridized carbons (Fsp3) is 0.0526. The molecule has 2 N–H and O–H groups in total. The minimum atomic E-state index is -1.07. The topological polar surface area (TPSA) is 93.2 Å². The van der Waals surface area contributed by atoms with Crippen molar-refractivity contribution in [3.63, 3.8) is 0 Å². The van der Waals surface area contributed by atoms with Crippen molar-refractivity contribution in [1.29, 1.82) is 0 Å². The number of carbonyl (C=O) groups excluding carboxylic acids is 2. The minimum Gasteiger partial charge on any atom is -0.465 e. The van der Waals surface area contributed by atoms with E-state index in [1.807, 2.05) is 0 Å². The normalized spacial score (nSPS) is 10.2. The lowest BCUT2D eigenvalue weighted by Gasteiger charge is -2.08. The molecule has 1 aromatic heterocycles. The number of rotatable bonds is 5. The summed E-state index contributed by atoms with van der Waals surface area (Å²) in [5, 5.41) is 5.40. The third-order valence-electron chi connectivity index (χ3n) is 3.66. The Balaban J connectivity index is 1.71. The number of ether oxygens (including phenoxy) is 1. The van der Waals surface area contributed by atoms with Gasteiger partial charge < -0.3 is 15.4 Å². The van der Waals surface area contributed by atoms with Gasteiger partial charge in [-0.05, 0) is 36.4 Å². The Morgan fingerprint density at radius 1 is 0.929 bits per heavy atom. The summed E-state index contributed by atoms with van der Waals surface area (Å²) in [5.41, 5.74) is 1.13. The van der Waals surface area contributed by atoms with Crippen molar-refractivity contribution in [1.82, 2.24) is 9.97 Å². The van der Waals surface area contributed by atoms with E-state index in [1.54, 1.807) is 24.3 Å². The quantitative estimate of drug-likeness (QED) is 0.654. The maximum absolute atomic E-state index is 13.2. The van der Waals surface area contributed by atoms with E-state index in [4.69, 9.17) is 0 Å². The van der Waals surface area contributed by atoms with Crippen LogP contribution in [0, 0.1) is 11.6 Å². The van der Waals surface area contributed by atoms with Gasteiger partial charge in [-0.3, -0.25) is 4.79 Å². The van der Waals surface area contributed by atoms with Crippen LogP contribution in [-0.2, 0) is 4.74 Å². The van der Waals surface area contributed by atoms with Gasteiger partial charge in [0.2, 0.25) is 0 Å². The van der Waals surface area contributed by atoms with Gasteiger partial charge in [0.1, 0.15) is 17.8 Å². The second-order valence-electron chi connectivity index (χ2n) is 5.57. The number of carbonyl (C=O) groups is 2. The van der Waals surface area contributed by atoms with Gasteiger partial charge in [0.15, 0.2) is 11.6 Å². The summed E-state index contributed by atoms with van der Waals surface area (Å²) in [7, 11) is 1.29. The first-order valence-electron chi connectivity index (χ1n) is 8.00. The molecule has 0 atom stereocenters. The Hall–Kier alpha value is -3.88. The van der Waals surface area contributed by atoms with Crippen LogP contribution in [0.2, 0.25) is 0 Å². The molecule has 0 aliphatic carbocycles. The highest BCUT2D eigenvalue weighted by Crippen LogP contribution is 2.17. The zero-order chi connectivity index (χ0) is 20.1. The maximum Gasteiger partial charge on any atom is 0.337 e. The van der Waals surface area contributed by atoms with E-state index in [2.05, 4.69) is 25.3 Å². The summed E-state index contributed by atoms with van der Waals surface area (Å²) >= 11 is 0. The molecule has 0 radical (unpaired) electrons. The lowest BCUT2D eigenvalue weighted by atomic mass is 10.2. The van der Waals surface area contributed by atoms with Crippen LogP contribution in [0.25, 0.3) is 0 Å². The van der Waals surface area contributed by atoms with Gasteiger partial charge in [0.25, 0.3) is 5.91 Å². The lowest BCUT2D eigenvalue weighted by Crippen LogP contribution is -2.14. The number of hydrogen-bond donors (Lipinski definition) is 2. The molecule has 0 aliphatic rings. The zero-order valence-corrected chi connectivity index (χ0v) is 14.6. The van der Waals surface area contributed by atoms with Crippen LogP contribution in [0.15, 0.2) is 54.9 Å². The number of nitrogens with zero attached hydrogens (tertiary/aromatic N) is 2. The maximum atomic E-state index is 13.2. The number of anilines is 3. The van der Waals surface area contributed by atoms with Gasteiger partial charge in [0.05, 0.1) is 12.7 Å². The van der Waals surface area contributed by atoms with Crippen LogP contribution in [0.3, 0.4) is 0 Å². The summed E-state index contributed by atoms with van der Waals surface area (Å²) in [6.45, 7) is 0. The third kappa shape index (κ3) is 4.44. The molecule has 9 heteroatoms. The molecular formula is C19H14F2N4O3. The molecule has 142 valence electrons. The number of esters is 1. The van der Waals surface area contributed by atoms with Crippen LogP contribution >= 0.6 is 0 Å². The Labute approximate surface area is 158 Å². The first-order valence-corrected chi connectivity index (χ1v) is 8.00. The van der Waals surface area contributed by atoms with Crippen molar-refractivity contribution in [3.05, 3.63) is 77.8 Å². The Bertz CT molecular complexity index is 1030. The van der Waals surface area contributed by atoms with Crippen molar-refractivity contribution < 1.29 is 23.1 Å². The number of benzene rings is 2. The largest absolute Gasteiger partial charge is 0.465 e. The second-order valence-corrected chi connectivity index (χ2v) is 5.57. The van der Waals surface area contributed by atoms with Crippen molar-refractivity contribution in [3.8, 4) is 0 Å². The zero-order valence-electron chi connectivity index (χ0n) is 14.6. The molecule has 0 saturated carbocycles. The predicted molar refractivity (Wildman–Crippen MR) is 97.4 cm³/mol. The van der Waals surface area contributed by atoms with E-state index in [0.717, 1.165) is 12.1 Å². The molecule has 1 heterocycles. The van der Waals surface area contributed by atoms with Gasteiger partial charge >= 0.3 is 5.97 Å². The number of hydrogen-bond acceptors (Lipinski definition) is 6. The Kier molecular flexibility index (Phi) is 5.54. The second kappa shape index (κ2) is 8.21. The standard InChI is InChI=1S/C19H14F2N4O3/c1-28-19(27)11-2-4-12(5-3-11)24-17-9-16(22-10-23-17)18(26)25-13-6-7-14(20)15(21)8-13/h2-10H,1H3,(H,25,26)(H,22,23,24). The van der Waals surface area contributed by atoms with Crippen molar-refractivity contribution in [2.24, 2.45) is 0 Å². The fourth-order valence-corrected chi connectivity index (χ4v) is 2.27. The number of halogens is 2.